The first kappa shape index (κ1) is 12.8. The standard InChI is InChI=1S/C13H11NO5/c1-2-19-13(18)14-6-5-10(15)8-7-12(17)11(16)4-3-9(8)14/h3-7H,2H2,1H3,(H,16,17). The van der Waals surface area contributed by atoms with Gasteiger partial charge in [-0.2, -0.15) is 0 Å². The van der Waals surface area contributed by atoms with E-state index in [0.717, 1.165) is 16.7 Å². The Bertz CT molecular complexity index is 763. The zero-order chi connectivity index (χ0) is 14.0. The Balaban J connectivity index is 2.87. The fourth-order valence-electron chi connectivity index (χ4n) is 1.68. The first-order valence-electron chi connectivity index (χ1n) is 5.60. The van der Waals surface area contributed by atoms with Crippen molar-refractivity contribution in [3.8, 4) is 5.75 Å². The molecule has 0 aliphatic rings. The number of ether oxygens (including phenoxy) is 1. The predicted octanol–water partition coefficient (Wildman–Crippen LogP) is 1.07. The summed E-state index contributed by atoms with van der Waals surface area (Å²) >= 11 is 0. The number of aromatic nitrogens is 1. The lowest BCUT2D eigenvalue weighted by atomic mass is 10.2. The molecular formula is C13H11NO5. The molecule has 0 unspecified atom stereocenters. The number of carbonyl (C=O) groups is 1. The van der Waals surface area contributed by atoms with E-state index in [0.29, 0.717) is 0 Å². The molecule has 0 aliphatic heterocycles. The second-order valence-corrected chi connectivity index (χ2v) is 3.77. The van der Waals surface area contributed by atoms with E-state index in [1.807, 2.05) is 0 Å². The third kappa shape index (κ3) is 2.33. The van der Waals surface area contributed by atoms with Crippen molar-refractivity contribution in [3.05, 3.63) is 50.9 Å². The van der Waals surface area contributed by atoms with E-state index in [1.54, 1.807) is 6.92 Å². The monoisotopic (exact) mass is 261 g/mol. The number of carbonyl (C=O) groups excluding carboxylic acids is 1. The van der Waals surface area contributed by atoms with Gasteiger partial charge in [0, 0.05) is 12.3 Å². The maximum atomic E-state index is 11.7. The second-order valence-electron chi connectivity index (χ2n) is 3.77. The first-order valence-corrected chi connectivity index (χ1v) is 5.60. The number of pyridine rings is 1. The van der Waals surface area contributed by atoms with Crippen molar-refractivity contribution >= 4 is 17.0 Å². The molecule has 0 spiro atoms. The molecule has 1 heterocycles. The molecule has 98 valence electrons. The minimum absolute atomic E-state index is 0.0650. The second kappa shape index (κ2) is 4.93. The molecule has 0 fully saturated rings. The summed E-state index contributed by atoms with van der Waals surface area (Å²) in [6, 6.07) is 4.61. The molecule has 0 atom stereocenters. The topological polar surface area (TPSA) is 85.6 Å². The van der Waals surface area contributed by atoms with E-state index in [9.17, 15) is 19.5 Å². The zero-order valence-electron chi connectivity index (χ0n) is 10.1. The molecule has 1 aromatic carbocycles. The number of rotatable bonds is 1. The fraction of sp³-hybridized carbons (Fsp3) is 0.154. The fourth-order valence-corrected chi connectivity index (χ4v) is 1.68. The van der Waals surface area contributed by atoms with Gasteiger partial charge in [-0.15, -0.1) is 0 Å². The van der Waals surface area contributed by atoms with Crippen molar-refractivity contribution in [1.82, 2.24) is 4.57 Å². The quantitative estimate of drug-likeness (QED) is 0.829. The van der Waals surface area contributed by atoms with Gasteiger partial charge in [0.05, 0.1) is 17.5 Å². The first-order chi connectivity index (χ1) is 9.04. The molecule has 1 N–H and O–H groups in total. The van der Waals surface area contributed by atoms with Crippen LogP contribution in [0.2, 0.25) is 0 Å². The summed E-state index contributed by atoms with van der Waals surface area (Å²) in [5, 5.41) is 9.52. The van der Waals surface area contributed by atoms with Crippen molar-refractivity contribution in [2.24, 2.45) is 0 Å². The molecule has 0 radical (unpaired) electrons. The van der Waals surface area contributed by atoms with Crippen molar-refractivity contribution in [3.63, 3.8) is 0 Å². The Morgan fingerprint density at radius 1 is 1.26 bits per heavy atom. The van der Waals surface area contributed by atoms with Gasteiger partial charge in [0.15, 0.2) is 11.2 Å². The SMILES string of the molecule is CCOC(=O)n1ccc(=O)c2cc(O)c(=O)ccc21. The van der Waals surface area contributed by atoms with E-state index in [4.69, 9.17) is 4.74 Å². The molecule has 0 aliphatic carbocycles. The predicted molar refractivity (Wildman–Crippen MR) is 68.6 cm³/mol. The minimum Gasteiger partial charge on any atom is -0.504 e. The Morgan fingerprint density at radius 3 is 2.68 bits per heavy atom. The third-order valence-electron chi connectivity index (χ3n) is 2.57. The van der Waals surface area contributed by atoms with E-state index >= 15 is 0 Å². The summed E-state index contributed by atoms with van der Waals surface area (Å²) < 4.78 is 5.96. The van der Waals surface area contributed by atoms with Gasteiger partial charge in [0.25, 0.3) is 0 Å². The van der Waals surface area contributed by atoms with E-state index in [-0.39, 0.29) is 17.5 Å². The van der Waals surface area contributed by atoms with Crippen LogP contribution in [0.4, 0.5) is 4.79 Å². The van der Waals surface area contributed by atoms with Crippen LogP contribution in [0.5, 0.6) is 5.75 Å². The molecular weight excluding hydrogens is 250 g/mol. The number of hydrogen-bond acceptors (Lipinski definition) is 5. The van der Waals surface area contributed by atoms with Crippen molar-refractivity contribution in [2.45, 2.75) is 6.92 Å². The number of nitrogens with zero attached hydrogens (tertiary/aromatic N) is 1. The molecule has 0 amide bonds. The van der Waals surface area contributed by atoms with Gasteiger partial charge in [-0.3, -0.25) is 14.2 Å². The highest BCUT2D eigenvalue weighted by Crippen LogP contribution is 2.12. The average Bonchev–Trinajstić information content (AvgIpc) is 2.52. The highest BCUT2D eigenvalue weighted by atomic mass is 16.5. The normalized spacial score (nSPS) is 10.4. The van der Waals surface area contributed by atoms with E-state index < -0.39 is 22.7 Å². The summed E-state index contributed by atoms with van der Waals surface area (Å²) in [5.74, 6) is -0.547. The van der Waals surface area contributed by atoms with E-state index in [1.165, 1.54) is 18.3 Å². The third-order valence-corrected chi connectivity index (χ3v) is 2.57. The van der Waals surface area contributed by atoms with Crippen LogP contribution in [-0.2, 0) is 4.74 Å². The van der Waals surface area contributed by atoms with Gasteiger partial charge < -0.3 is 9.84 Å². The summed E-state index contributed by atoms with van der Waals surface area (Å²) in [6.45, 7) is 1.84. The molecule has 6 heteroatoms. The zero-order valence-corrected chi connectivity index (χ0v) is 10.1. The summed E-state index contributed by atoms with van der Waals surface area (Å²) in [6.07, 6.45) is 0.607. The van der Waals surface area contributed by atoms with Crippen LogP contribution in [0.15, 0.2) is 40.1 Å². The van der Waals surface area contributed by atoms with Gasteiger partial charge in [0.1, 0.15) is 0 Å². The summed E-state index contributed by atoms with van der Waals surface area (Å²) in [5.41, 5.74) is -0.837. The largest absolute Gasteiger partial charge is 0.504 e. The van der Waals surface area contributed by atoms with Crippen LogP contribution in [0.3, 0.4) is 0 Å². The number of fused-ring (bicyclic) bond motifs is 1. The molecule has 0 bridgehead atoms. The number of aromatic hydroxyl groups is 1. The van der Waals surface area contributed by atoms with Crippen LogP contribution in [0.1, 0.15) is 6.92 Å². The van der Waals surface area contributed by atoms with Crippen molar-refractivity contribution < 1.29 is 14.6 Å². The Hall–Kier alpha value is -2.63. The van der Waals surface area contributed by atoms with Gasteiger partial charge in [0.2, 0.25) is 5.43 Å². The molecule has 6 nitrogen and oxygen atoms in total. The summed E-state index contributed by atoms with van der Waals surface area (Å²) in [7, 11) is 0. The smallest absolute Gasteiger partial charge is 0.418 e. The Kier molecular flexibility index (Phi) is 3.33. The van der Waals surface area contributed by atoms with Crippen LogP contribution in [-0.4, -0.2) is 22.4 Å². The van der Waals surface area contributed by atoms with Crippen molar-refractivity contribution in [2.75, 3.05) is 6.61 Å². The molecule has 2 aromatic rings. The lowest BCUT2D eigenvalue weighted by molar-refractivity contribution is 0.155. The van der Waals surface area contributed by atoms with Gasteiger partial charge in [-0.25, -0.2) is 4.79 Å². The van der Waals surface area contributed by atoms with Gasteiger partial charge in [-0.05, 0) is 25.1 Å². The van der Waals surface area contributed by atoms with Crippen LogP contribution >= 0.6 is 0 Å². The maximum absolute atomic E-state index is 11.7. The molecule has 19 heavy (non-hydrogen) atoms. The lowest BCUT2D eigenvalue weighted by Gasteiger charge is -2.07. The maximum Gasteiger partial charge on any atom is 0.418 e. The molecule has 1 aromatic heterocycles. The Morgan fingerprint density at radius 2 is 2.00 bits per heavy atom. The Labute approximate surface area is 107 Å². The summed E-state index contributed by atoms with van der Waals surface area (Å²) in [4.78, 5) is 34.8. The van der Waals surface area contributed by atoms with Gasteiger partial charge >= 0.3 is 6.09 Å². The lowest BCUT2D eigenvalue weighted by Crippen LogP contribution is -2.16. The molecule has 2 rings (SSSR count). The van der Waals surface area contributed by atoms with Gasteiger partial charge in [-0.1, -0.05) is 0 Å². The van der Waals surface area contributed by atoms with Crippen LogP contribution in [0, 0.1) is 0 Å². The van der Waals surface area contributed by atoms with Crippen LogP contribution < -0.4 is 10.9 Å². The average molecular weight is 261 g/mol. The highest BCUT2D eigenvalue weighted by molar-refractivity contribution is 5.87. The highest BCUT2D eigenvalue weighted by Gasteiger charge is 2.10. The molecule has 0 saturated heterocycles. The van der Waals surface area contributed by atoms with Crippen molar-refractivity contribution in [1.29, 1.82) is 0 Å². The van der Waals surface area contributed by atoms with Crippen LogP contribution in [0.25, 0.3) is 10.9 Å². The van der Waals surface area contributed by atoms with E-state index in [2.05, 4.69) is 0 Å². The minimum atomic E-state index is -0.661. The molecule has 0 saturated carbocycles. The number of hydrogen-bond donors (Lipinski definition) is 1.